The molecule has 2 aromatic carbocycles. The topological polar surface area (TPSA) is 85.0 Å². The molecule has 0 amide bonds. The van der Waals surface area contributed by atoms with E-state index < -0.39 is 0 Å². The summed E-state index contributed by atoms with van der Waals surface area (Å²) in [5.74, 6) is 0.543. The number of nitrogens with zero attached hydrogens (tertiary/aromatic N) is 3. The Labute approximate surface area is 187 Å². The van der Waals surface area contributed by atoms with Gasteiger partial charge in [0.1, 0.15) is 0 Å². The number of furan rings is 1. The van der Waals surface area contributed by atoms with Crippen LogP contribution in [-0.4, -0.2) is 20.7 Å². The van der Waals surface area contributed by atoms with Gasteiger partial charge in [-0.15, -0.1) is 5.10 Å². The molecule has 0 bridgehead atoms. The molecule has 7 nitrogen and oxygen atoms in total. The second kappa shape index (κ2) is 9.96. The summed E-state index contributed by atoms with van der Waals surface area (Å²) in [6, 6.07) is 20.0. The highest BCUT2D eigenvalue weighted by Gasteiger charge is 2.20. The number of benzene rings is 2. The fourth-order valence-electron chi connectivity index (χ4n) is 3.30. The lowest BCUT2D eigenvalue weighted by Crippen LogP contribution is -2.17. The van der Waals surface area contributed by atoms with Crippen molar-refractivity contribution < 1.29 is 9.21 Å². The lowest BCUT2D eigenvalue weighted by Gasteiger charge is -2.07. The minimum atomic E-state index is -0.383. The maximum Gasteiger partial charge on any atom is 0.317 e. The van der Waals surface area contributed by atoms with E-state index in [9.17, 15) is 4.79 Å². The van der Waals surface area contributed by atoms with Crippen molar-refractivity contribution in [3.63, 3.8) is 0 Å². The lowest BCUT2D eigenvalue weighted by molar-refractivity contribution is 0.0920. The molecule has 0 fully saturated rings. The Kier molecular flexibility index (Phi) is 6.65. The summed E-state index contributed by atoms with van der Waals surface area (Å²) in [4.78, 5) is 17.4. The normalized spacial score (nSPS) is 10.8. The molecule has 0 atom stereocenters. The number of nitrogens with one attached hydrogen (secondary N) is 2. The molecule has 0 radical (unpaired) electrons. The first-order valence-corrected chi connectivity index (χ1v) is 10.8. The van der Waals surface area contributed by atoms with Gasteiger partial charge >= 0.3 is 5.91 Å². The predicted molar refractivity (Wildman–Crippen MR) is 125 cm³/mol. The van der Waals surface area contributed by atoms with E-state index in [1.54, 1.807) is 12.1 Å². The first-order chi connectivity index (χ1) is 15.7. The van der Waals surface area contributed by atoms with Crippen LogP contribution < -0.4 is 10.6 Å². The van der Waals surface area contributed by atoms with Crippen LogP contribution in [0.2, 0.25) is 0 Å². The van der Waals surface area contributed by atoms with E-state index in [2.05, 4.69) is 83.1 Å². The number of anilines is 2. The maximum atomic E-state index is 12.9. The minimum absolute atomic E-state index is 0.201. The largest absolute Gasteiger partial charge is 0.459 e. The van der Waals surface area contributed by atoms with Crippen molar-refractivity contribution in [1.29, 1.82) is 0 Å². The average molecular weight is 430 g/mol. The first kappa shape index (κ1) is 21.4. The van der Waals surface area contributed by atoms with Crippen LogP contribution in [0.5, 0.6) is 0 Å². The van der Waals surface area contributed by atoms with E-state index in [0.29, 0.717) is 25.0 Å². The smallest absolute Gasteiger partial charge is 0.317 e. The molecular formula is C25H27N5O2. The lowest BCUT2D eigenvalue weighted by atomic mass is 10.1. The predicted octanol–water partition coefficient (Wildman–Crippen LogP) is 4.91. The third-order valence-electron chi connectivity index (χ3n) is 5.30. The molecule has 2 N–H and O–H groups in total. The van der Waals surface area contributed by atoms with Crippen molar-refractivity contribution in [3.8, 4) is 0 Å². The SMILES string of the molecule is CCc1ccc(CNc2nc(NCc3ccc(CC)cc3)n(C(=O)c3ccco3)n2)cc1. The summed E-state index contributed by atoms with van der Waals surface area (Å²) >= 11 is 0. The monoisotopic (exact) mass is 429 g/mol. The van der Waals surface area contributed by atoms with Crippen LogP contribution in [-0.2, 0) is 25.9 Å². The molecule has 164 valence electrons. The van der Waals surface area contributed by atoms with Crippen LogP contribution in [0.1, 0.15) is 46.7 Å². The van der Waals surface area contributed by atoms with E-state index in [0.717, 1.165) is 24.0 Å². The van der Waals surface area contributed by atoms with Crippen LogP contribution in [0.4, 0.5) is 11.9 Å². The van der Waals surface area contributed by atoms with Crippen molar-refractivity contribution in [2.45, 2.75) is 39.8 Å². The Hall–Kier alpha value is -3.87. The van der Waals surface area contributed by atoms with Gasteiger partial charge in [0.05, 0.1) is 6.26 Å². The zero-order valence-corrected chi connectivity index (χ0v) is 18.3. The highest BCUT2D eigenvalue weighted by Crippen LogP contribution is 2.16. The number of aromatic nitrogens is 3. The van der Waals surface area contributed by atoms with Gasteiger partial charge in [-0.2, -0.15) is 9.67 Å². The Morgan fingerprint density at radius 1 is 0.844 bits per heavy atom. The fourth-order valence-corrected chi connectivity index (χ4v) is 3.30. The summed E-state index contributed by atoms with van der Waals surface area (Å²) in [6.07, 6.45) is 3.46. The number of aryl methyl sites for hydroxylation is 2. The number of carbonyl (C=O) groups is 1. The summed E-state index contributed by atoms with van der Waals surface area (Å²) in [5.41, 5.74) is 4.77. The molecule has 7 heteroatoms. The van der Waals surface area contributed by atoms with Gasteiger partial charge in [-0.25, -0.2) is 0 Å². The molecule has 0 spiro atoms. The van der Waals surface area contributed by atoms with E-state index in [1.165, 1.54) is 22.1 Å². The molecule has 4 aromatic rings. The fraction of sp³-hybridized carbons (Fsp3) is 0.240. The van der Waals surface area contributed by atoms with Crippen molar-refractivity contribution in [1.82, 2.24) is 14.8 Å². The zero-order chi connectivity index (χ0) is 22.3. The Balaban J connectivity index is 1.51. The molecule has 2 heterocycles. The van der Waals surface area contributed by atoms with E-state index in [-0.39, 0.29) is 11.7 Å². The minimum Gasteiger partial charge on any atom is -0.459 e. The second-order valence-corrected chi connectivity index (χ2v) is 7.50. The molecule has 0 aliphatic carbocycles. The molecule has 32 heavy (non-hydrogen) atoms. The molecule has 0 aliphatic heterocycles. The quantitative estimate of drug-likeness (QED) is 0.393. The summed E-state index contributed by atoms with van der Waals surface area (Å²) in [7, 11) is 0. The third kappa shape index (κ3) is 5.06. The van der Waals surface area contributed by atoms with Gasteiger partial charge in [0, 0.05) is 13.1 Å². The maximum absolute atomic E-state index is 12.9. The molecule has 2 aromatic heterocycles. The molecule has 0 saturated carbocycles. The van der Waals surface area contributed by atoms with Gasteiger partial charge in [-0.3, -0.25) is 4.79 Å². The number of hydrogen-bond acceptors (Lipinski definition) is 6. The molecule has 0 unspecified atom stereocenters. The van der Waals surface area contributed by atoms with Gasteiger partial charge < -0.3 is 15.1 Å². The Bertz CT molecular complexity index is 1150. The van der Waals surface area contributed by atoms with Crippen molar-refractivity contribution >= 4 is 17.8 Å². The molecule has 0 saturated heterocycles. The number of hydrogen-bond donors (Lipinski definition) is 2. The Morgan fingerprint density at radius 3 is 1.94 bits per heavy atom. The number of carbonyl (C=O) groups excluding carboxylic acids is 1. The molecule has 0 aliphatic rings. The number of rotatable bonds is 9. The van der Waals surface area contributed by atoms with Crippen LogP contribution in [0.25, 0.3) is 0 Å². The molecular weight excluding hydrogens is 402 g/mol. The van der Waals surface area contributed by atoms with Gasteiger partial charge in [0.2, 0.25) is 11.9 Å². The van der Waals surface area contributed by atoms with E-state index in [1.807, 2.05) is 0 Å². The van der Waals surface area contributed by atoms with Crippen LogP contribution in [0.3, 0.4) is 0 Å². The van der Waals surface area contributed by atoms with Gasteiger partial charge in [-0.1, -0.05) is 62.4 Å². The highest BCUT2D eigenvalue weighted by atomic mass is 16.3. The van der Waals surface area contributed by atoms with Crippen LogP contribution in [0, 0.1) is 0 Å². The summed E-state index contributed by atoms with van der Waals surface area (Å²) in [6.45, 7) is 5.34. The molecule has 4 rings (SSSR count). The Morgan fingerprint density at radius 2 is 1.41 bits per heavy atom. The van der Waals surface area contributed by atoms with E-state index in [4.69, 9.17) is 4.42 Å². The second-order valence-electron chi connectivity index (χ2n) is 7.50. The third-order valence-corrected chi connectivity index (χ3v) is 5.30. The van der Waals surface area contributed by atoms with Crippen molar-refractivity contribution in [2.24, 2.45) is 0 Å². The van der Waals surface area contributed by atoms with Crippen LogP contribution >= 0.6 is 0 Å². The van der Waals surface area contributed by atoms with Gasteiger partial charge in [0.25, 0.3) is 0 Å². The highest BCUT2D eigenvalue weighted by molar-refractivity contribution is 5.94. The zero-order valence-electron chi connectivity index (χ0n) is 18.3. The average Bonchev–Trinajstić information content (AvgIpc) is 3.52. The van der Waals surface area contributed by atoms with Crippen molar-refractivity contribution in [3.05, 3.63) is 94.9 Å². The van der Waals surface area contributed by atoms with Crippen molar-refractivity contribution in [2.75, 3.05) is 10.6 Å². The van der Waals surface area contributed by atoms with Crippen LogP contribution in [0.15, 0.2) is 71.3 Å². The standard InChI is InChI=1S/C25H27N5O2/c1-3-18-7-11-20(12-8-18)16-26-24-28-25(27-17-21-13-9-19(4-2)10-14-21)30(29-24)23(31)22-6-5-15-32-22/h5-15H,3-4,16-17H2,1-2H3,(H2,26,27,28,29). The first-order valence-electron chi connectivity index (χ1n) is 10.8. The summed E-state index contributed by atoms with van der Waals surface area (Å²) in [5, 5.41) is 10.8. The summed E-state index contributed by atoms with van der Waals surface area (Å²) < 4.78 is 6.50. The van der Waals surface area contributed by atoms with Gasteiger partial charge in [-0.05, 0) is 47.2 Å². The van der Waals surface area contributed by atoms with Gasteiger partial charge in [0.15, 0.2) is 5.76 Å². The van der Waals surface area contributed by atoms with E-state index >= 15 is 0 Å².